The van der Waals surface area contributed by atoms with Crippen LogP contribution in [0.25, 0.3) is 0 Å². The molecule has 4 nitrogen and oxygen atoms in total. The third-order valence-corrected chi connectivity index (χ3v) is 3.17. The molecule has 1 aromatic carbocycles. The zero-order valence-corrected chi connectivity index (χ0v) is 10.4. The zero-order chi connectivity index (χ0) is 12.3. The van der Waals surface area contributed by atoms with Crippen molar-refractivity contribution in [2.75, 3.05) is 5.01 Å². The average molecular weight is 233 g/mol. The summed E-state index contributed by atoms with van der Waals surface area (Å²) < 4.78 is 0. The quantitative estimate of drug-likeness (QED) is 0.839. The average Bonchev–Trinajstić information content (AvgIpc) is 2.69. The van der Waals surface area contributed by atoms with Gasteiger partial charge in [0.1, 0.15) is 5.66 Å². The Hall–Kier alpha value is -1.55. The van der Waals surface area contributed by atoms with Crippen LogP contribution in [0.4, 0.5) is 10.5 Å². The Morgan fingerprint density at radius 2 is 1.94 bits per heavy atom. The number of hydrogen-bond donors (Lipinski definition) is 2. The third-order valence-electron chi connectivity index (χ3n) is 3.17. The number of anilines is 1. The van der Waals surface area contributed by atoms with E-state index in [0.29, 0.717) is 0 Å². The standard InChI is InChI=1S/C13H19N3O/c1-3-10-13(4-2)14-12(17)16(15-13)11-8-6-5-7-9-11/h5-9,15H,3-4,10H2,1-2H3,(H,14,17). The van der Waals surface area contributed by atoms with Gasteiger partial charge < -0.3 is 5.32 Å². The van der Waals surface area contributed by atoms with Gasteiger partial charge in [0.05, 0.1) is 5.69 Å². The largest absolute Gasteiger partial charge is 0.338 e. The number of rotatable bonds is 4. The molecular formula is C13H19N3O. The summed E-state index contributed by atoms with van der Waals surface area (Å²) >= 11 is 0. The van der Waals surface area contributed by atoms with E-state index in [0.717, 1.165) is 24.9 Å². The van der Waals surface area contributed by atoms with Gasteiger partial charge in [-0.25, -0.2) is 15.2 Å². The van der Waals surface area contributed by atoms with Crippen molar-refractivity contribution in [3.8, 4) is 0 Å². The van der Waals surface area contributed by atoms with Crippen LogP contribution in [0.1, 0.15) is 33.1 Å². The highest BCUT2D eigenvalue weighted by Crippen LogP contribution is 2.24. The third kappa shape index (κ3) is 2.26. The van der Waals surface area contributed by atoms with Crippen molar-refractivity contribution in [2.24, 2.45) is 0 Å². The molecule has 1 aliphatic heterocycles. The van der Waals surface area contributed by atoms with E-state index >= 15 is 0 Å². The Bertz CT molecular complexity index is 393. The minimum absolute atomic E-state index is 0.0773. The number of hydrogen-bond acceptors (Lipinski definition) is 2. The van der Waals surface area contributed by atoms with Crippen LogP contribution < -0.4 is 15.8 Å². The molecule has 1 atom stereocenters. The maximum Gasteiger partial charge on any atom is 0.338 e. The molecule has 0 spiro atoms. The summed E-state index contributed by atoms with van der Waals surface area (Å²) in [7, 11) is 0. The Balaban J connectivity index is 2.20. The number of carbonyl (C=O) groups is 1. The van der Waals surface area contributed by atoms with Crippen molar-refractivity contribution in [3.05, 3.63) is 30.3 Å². The molecule has 2 N–H and O–H groups in total. The predicted molar refractivity (Wildman–Crippen MR) is 68.5 cm³/mol. The predicted octanol–water partition coefficient (Wildman–Crippen LogP) is 2.63. The molecule has 1 unspecified atom stereocenters. The fourth-order valence-electron chi connectivity index (χ4n) is 2.20. The van der Waals surface area contributed by atoms with Crippen molar-refractivity contribution in [1.82, 2.24) is 10.7 Å². The first-order chi connectivity index (χ1) is 8.21. The summed E-state index contributed by atoms with van der Waals surface area (Å²) in [5.74, 6) is 0. The highest BCUT2D eigenvalue weighted by atomic mass is 16.2. The van der Waals surface area contributed by atoms with Crippen molar-refractivity contribution in [1.29, 1.82) is 0 Å². The first kappa shape index (κ1) is 11.9. The second-order valence-corrected chi connectivity index (χ2v) is 4.40. The fourth-order valence-corrected chi connectivity index (χ4v) is 2.20. The molecule has 1 aromatic rings. The monoisotopic (exact) mass is 233 g/mol. The number of nitrogens with zero attached hydrogens (tertiary/aromatic N) is 1. The van der Waals surface area contributed by atoms with Gasteiger partial charge in [-0.1, -0.05) is 38.5 Å². The molecule has 0 aliphatic carbocycles. The van der Waals surface area contributed by atoms with Gasteiger partial charge in [-0.05, 0) is 25.0 Å². The lowest BCUT2D eigenvalue weighted by Gasteiger charge is -2.27. The second kappa shape index (κ2) is 4.75. The minimum atomic E-state index is -0.290. The maximum absolute atomic E-state index is 12.0. The van der Waals surface area contributed by atoms with Gasteiger partial charge in [0.2, 0.25) is 0 Å². The smallest absolute Gasteiger partial charge is 0.317 e. The summed E-state index contributed by atoms with van der Waals surface area (Å²) in [4.78, 5) is 12.0. The first-order valence-corrected chi connectivity index (χ1v) is 6.16. The van der Waals surface area contributed by atoms with E-state index in [1.54, 1.807) is 5.01 Å². The minimum Gasteiger partial charge on any atom is -0.317 e. The summed E-state index contributed by atoms with van der Waals surface area (Å²) in [5.41, 5.74) is 3.88. The van der Waals surface area contributed by atoms with Gasteiger partial charge in [-0.15, -0.1) is 0 Å². The van der Waals surface area contributed by atoms with Gasteiger partial charge in [0.15, 0.2) is 0 Å². The van der Waals surface area contributed by atoms with Crippen LogP contribution in [0.2, 0.25) is 0 Å². The molecule has 1 aliphatic rings. The highest BCUT2D eigenvalue weighted by Gasteiger charge is 2.40. The van der Waals surface area contributed by atoms with E-state index in [-0.39, 0.29) is 11.7 Å². The Morgan fingerprint density at radius 3 is 2.53 bits per heavy atom. The van der Waals surface area contributed by atoms with E-state index in [4.69, 9.17) is 0 Å². The van der Waals surface area contributed by atoms with Crippen LogP contribution in [0.5, 0.6) is 0 Å². The molecule has 2 rings (SSSR count). The van der Waals surface area contributed by atoms with Gasteiger partial charge >= 0.3 is 6.03 Å². The highest BCUT2D eigenvalue weighted by molar-refractivity contribution is 5.93. The lowest BCUT2D eigenvalue weighted by atomic mass is 10.0. The number of para-hydroxylation sites is 1. The summed E-state index contributed by atoms with van der Waals surface area (Å²) in [6.45, 7) is 4.20. The number of carbonyl (C=O) groups excluding carboxylic acids is 1. The molecule has 2 amide bonds. The van der Waals surface area contributed by atoms with Crippen LogP contribution in [0.15, 0.2) is 30.3 Å². The molecule has 1 fully saturated rings. The molecule has 0 bridgehead atoms. The number of nitrogens with one attached hydrogen (secondary N) is 2. The normalized spacial score (nSPS) is 23.9. The van der Waals surface area contributed by atoms with E-state index in [2.05, 4.69) is 24.6 Å². The van der Waals surface area contributed by atoms with E-state index < -0.39 is 0 Å². The van der Waals surface area contributed by atoms with Crippen molar-refractivity contribution in [3.63, 3.8) is 0 Å². The molecular weight excluding hydrogens is 214 g/mol. The SMILES string of the molecule is CCCC1(CC)NC(=O)N(c2ccccc2)N1. The number of urea groups is 1. The van der Waals surface area contributed by atoms with E-state index in [1.807, 2.05) is 30.3 Å². The van der Waals surface area contributed by atoms with Crippen molar-refractivity contribution in [2.45, 2.75) is 38.8 Å². The topological polar surface area (TPSA) is 44.4 Å². The Labute approximate surface area is 102 Å². The molecule has 1 heterocycles. The van der Waals surface area contributed by atoms with Gasteiger partial charge in [-0.3, -0.25) is 0 Å². The molecule has 0 saturated carbocycles. The second-order valence-electron chi connectivity index (χ2n) is 4.40. The molecule has 4 heteroatoms. The zero-order valence-electron chi connectivity index (χ0n) is 10.4. The van der Waals surface area contributed by atoms with Gasteiger partial charge in [-0.2, -0.15) is 0 Å². The molecule has 1 saturated heterocycles. The van der Waals surface area contributed by atoms with Gasteiger partial charge in [0.25, 0.3) is 0 Å². The summed E-state index contributed by atoms with van der Waals surface area (Å²) in [6.07, 6.45) is 2.83. The Kier molecular flexibility index (Phi) is 3.33. The summed E-state index contributed by atoms with van der Waals surface area (Å²) in [6, 6.07) is 9.56. The molecule has 0 aromatic heterocycles. The van der Waals surface area contributed by atoms with Gasteiger partial charge in [0, 0.05) is 0 Å². The lowest BCUT2D eigenvalue weighted by Crippen LogP contribution is -2.50. The van der Waals surface area contributed by atoms with E-state index in [9.17, 15) is 4.79 Å². The molecule has 92 valence electrons. The number of hydrazine groups is 1. The Morgan fingerprint density at radius 1 is 1.24 bits per heavy atom. The number of benzene rings is 1. The number of amides is 2. The van der Waals surface area contributed by atoms with Crippen LogP contribution >= 0.6 is 0 Å². The van der Waals surface area contributed by atoms with Crippen LogP contribution in [0.3, 0.4) is 0 Å². The van der Waals surface area contributed by atoms with E-state index in [1.165, 1.54) is 0 Å². The maximum atomic E-state index is 12.0. The summed E-state index contributed by atoms with van der Waals surface area (Å²) in [5, 5.41) is 4.64. The molecule has 0 radical (unpaired) electrons. The van der Waals surface area contributed by atoms with Crippen LogP contribution in [-0.4, -0.2) is 11.7 Å². The van der Waals surface area contributed by atoms with Crippen molar-refractivity contribution >= 4 is 11.7 Å². The van der Waals surface area contributed by atoms with Crippen LogP contribution in [-0.2, 0) is 0 Å². The fraction of sp³-hybridized carbons (Fsp3) is 0.462. The molecule has 17 heavy (non-hydrogen) atoms. The first-order valence-electron chi connectivity index (χ1n) is 6.16. The van der Waals surface area contributed by atoms with Crippen LogP contribution in [0, 0.1) is 0 Å². The lowest BCUT2D eigenvalue weighted by molar-refractivity contribution is 0.242. The van der Waals surface area contributed by atoms with Crippen molar-refractivity contribution < 1.29 is 4.79 Å².